The fourth-order valence-electron chi connectivity index (χ4n) is 1.54. The lowest BCUT2D eigenvalue weighted by atomic mass is 10.2. The summed E-state index contributed by atoms with van der Waals surface area (Å²) in [5.41, 5.74) is 0.719. The van der Waals surface area contributed by atoms with Gasteiger partial charge in [-0.1, -0.05) is 23.7 Å². The highest BCUT2D eigenvalue weighted by molar-refractivity contribution is 6.31. The molecule has 1 N–H and O–H groups in total. The molecule has 3 nitrogen and oxygen atoms in total. The van der Waals surface area contributed by atoms with Crippen molar-refractivity contribution < 1.29 is 14.2 Å². The Bertz CT molecular complexity index is 349. The smallest absolute Gasteiger partial charge is 0.142 e. The van der Waals surface area contributed by atoms with Crippen LogP contribution in [0.15, 0.2) is 18.2 Å². The summed E-state index contributed by atoms with van der Waals surface area (Å²) in [5.74, 6) is -0.417. The van der Waals surface area contributed by atoms with E-state index in [1.807, 2.05) is 4.90 Å². The summed E-state index contributed by atoms with van der Waals surface area (Å²) in [4.78, 5) is 1.96. The molecule has 5 heteroatoms. The largest absolute Gasteiger partial charge is 0.395 e. The second kappa shape index (κ2) is 7.61. The number of hydrogen-bond donors (Lipinski definition) is 1. The number of halogens is 2. The molecule has 1 aromatic carbocycles. The van der Waals surface area contributed by atoms with E-state index < -0.39 is 5.82 Å². The maximum Gasteiger partial charge on any atom is 0.142 e. The highest BCUT2D eigenvalue weighted by Gasteiger charge is 2.10. The van der Waals surface area contributed by atoms with Crippen LogP contribution in [-0.4, -0.2) is 43.4 Å². The van der Waals surface area contributed by atoms with Crippen molar-refractivity contribution in [3.05, 3.63) is 34.6 Å². The topological polar surface area (TPSA) is 32.7 Å². The van der Waals surface area contributed by atoms with Crippen LogP contribution in [0.4, 0.5) is 4.39 Å². The van der Waals surface area contributed by atoms with Gasteiger partial charge in [0.15, 0.2) is 0 Å². The zero-order valence-electron chi connectivity index (χ0n) is 9.83. The van der Waals surface area contributed by atoms with Gasteiger partial charge in [0.25, 0.3) is 0 Å². The summed E-state index contributed by atoms with van der Waals surface area (Å²) in [5, 5.41) is 9.09. The van der Waals surface area contributed by atoms with Crippen molar-refractivity contribution >= 4 is 11.6 Å². The quantitative estimate of drug-likeness (QED) is 0.814. The summed E-state index contributed by atoms with van der Waals surface area (Å²) in [6.45, 7) is 2.30. The van der Waals surface area contributed by atoms with Gasteiger partial charge in [-0.3, -0.25) is 4.90 Å². The predicted octanol–water partition coefficient (Wildman–Crippen LogP) is 1.92. The molecule has 0 radical (unpaired) electrons. The molecular formula is C12H17ClFNO2. The number of methoxy groups -OCH3 is 1. The second-order valence-corrected chi connectivity index (χ2v) is 4.08. The van der Waals surface area contributed by atoms with E-state index in [1.165, 1.54) is 6.07 Å². The Morgan fingerprint density at radius 2 is 2.18 bits per heavy atom. The monoisotopic (exact) mass is 261 g/mol. The zero-order valence-corrected chi connectivity index (χ0v) is 10.6. The summed E-state index contributed by atoms with van der Waals surface area (Å²) in [7, 11) is 1.62. The van der Waals surface area contributed by atoms with Gasteiger partial charge in [0.05, 0.1) is 18.2 Å². The molecule has 0 saturated heterocycles. The van der Waals surface area contributed by atoms with Crippen molar-refractivity contribution in [2.24, 2.45) is 0 Å². The first-order chi connectivity index (χ1) is 8.19. The molecule has 0 bridgehead atoms. The minimum absolute atomic E-state index is 0.0522. The van der Waals surface area contributed by atoms with Gasteiger partial charge in [0, 0.05) is 26.7 Å². The van der Waals surface area contributed by atoms with Crippen molar-refractivity contribution in [3.63, 3.8) is 0 Å². The van der Waals surface area contributed by atoms with E-state index in [2.05, 4.69) is 0 Å². The van der Waals surface area contributed by atoms with Gasteiger partial charge in [-0.25, -0.2) is 4.39 Å². The maximum atomic E-state index is 13.2. The zero-order chi connectivity index (χ0) is 12.7. The fraction of sp³-hybridized carbons (Fsp3) is 0.500. The lowest BCUT2D eigenvalue weighted by Crippen LogP contribution is -2.30. The van der Waals surface area contributed by atoms with Gasteiger partial charge in [0.2, 0.25) is 0 Å². The number of ether oxygens (including phenoxy) is 1. The predicted molar refractivity (Wildman–Crippen MR) is 65.6 cm³/mol. The van der Waals surface area contributed by atoms with Crippen LogP contribution in [0.5, 0.6) is 0 Å². The molecule has 0 unspecified atom stereocenters. The highest BCUT2D eigenvalue weighted by atomic mass is 35.5. The second-order valence-electron chi connectivity index (χ2n) is 3.71. The Hall–Kier alpha value is -0.680. The Labute approximate surface area is 106 Å². The van der Waals surface area contributed by atoms with Crippen molar-refractivity contribution in [2.45, 2.75) is 6.54 Å². The Balaban J connectivity index is 2.67. The van der Waals surface area contributed by atoms with Crippen LogP contribution in [0, 0.1) is 5.82 Å². The van der Waals surface area contributed by atoms with Crippen LogP contribution in [0.2, 0.25) is 5.02 Å². The average Bonchev–Trinajstić information content (AvgIpc) is 2.32. The molecular weight excluding hydrogens is 245 g/mol. The number of nitrogens with zero attached hydrogens (tertiary/aromatic N) is 1. The average molecular weight is 262 g/mol. The third kappa shape index (κ3) is 4.60. The van der Waals surface area contributed by atoms with Crippen molar-refractivity contribution in [2.75, 3.05) is 33.4 Å². The molecule has 0 aromatic heterocycles. The van der Waals surface area contributed by atoms with Gasteiger partial charge < -0.3 is 9.84 Å². The van der Waals surface area contributed by atoms with Crippen LogP contribution in [0.1, 0.15) is 5.56 Å². The molecule has 0 heterocycles. The van der Waals surface area contributed by atoms with Crippen LogP contribution in [-0.2, 0) is 11.3 Å². The minimum Gasteiger partial charge on any atom is -0.395 e. The molecule has 17 heavy (non-hydrogen) atoms. The SMILES string of the molecule is COCCN(CCO)Cc1cccc(F)c1Cl. The first-order valence-corrected chi connectivity index (χ1v) is 5.82. The third-order valence-corrected chi connectivity index (χ3v) is 2.88. The van der Waals surface area contributed by atoms with Crippen LogP contribution in [0.3, 0.4) is 0 Å². The summed E-state index contributed by atoms with van der Waals surface area (Å²) in [6, 6.07) is 4.74. The molecule has 0 saturated carbocycles. The van der Waals surface area contributed by atoms with E-state index in [-0.39, 0.29) is 11.6 Å². The Morgan fingerprint density at radius 3 is 2.82 bits per heavy atom. The van der Waals surface area contributed by atoms with E-state index >= 15 is 0 Å². The summed E-state index contributed by atoms with van der Waals surface area (Å²) < 4.78 is 18.2. The van der Waals surface area contributed by atoms with Crippen LogP contribution in [0.25, 0.3) is 0 Å². The van der Waals surface area contributed by atoms with E-state index in [4.69, 9.17) is 21.4 Å². The van der Waals surface area contributed by atoms with E-state index in [0.29, 0.717) is 26.2 Å². The number of aliphatic hydroxyl groups excluding tert-OH is 1. The van der Waals surface area contributed by atoms with Gasteiger partial charge in [-0.2, -0.15) is 0 Å². The van der Waals surface area contributed by atoms with Crippen LogP contribution < -0.4 is 0 Å². The van der Waals surface area contributed by atoms with E-state index in [0.717, 1.165) is 5.56 Å². The lowest BCUT2D eigenvalue weighted by molar-refractivity contribution is 0.127. The van der Waals surface area contributed by atoms with Crippen LogP contribution >= 0.6 is 11.6 Å². The molecule has 96 valence electrons. The molecule has 0 spiro atoms. The number of aliphatic hydroxyl groups is 1. The van der Waals surface area contributed by atoms with Crippen molar-refractivity contribution in [3.8, 4) is 0 Å². The van der Waals surface area contributed by atoms with Gasteiger partial charge in [0.1, 0.15) is 5.82 Å². The Kier molecular flexibility index (Phi) is 6.44. The standard InChI is InChI=1S/C12H17ClFNO2/c1-17-8-6-15(5-7-16)9-10-3-2-4-11(14)12(10)13/h2-4,16H,5-9H2,1H3. The van der Waals surface area contributed by atoms with Gasteiger partial charge in [-0.05, 0) is 11.6 Å². The normalized spacial score (nSPS) is 11.1. The van der Waals surface area contributed by atoms with E-state index in [9.17, 15) is 4.39 Å². The minimum atomic E-state index is -0.417. The molecule has 0 aliphatic heterocycles. The maximum absolute atomic E-state index is 13.2. The molecule has 1 aromatic rings. The fourth-order valence-corrected chi connectivity index (χ4v) is 1.73. The third-order valence-electron chi connectivity index (χ3n) is 2.45. The first kappa shape index (κ1) is 14.4. The lowest BCUT2D eigenvalue weighted by Gasteiger charge is -2.21. The molecule has 0 aliphatic rings. The van der Waals surface area contributed by atoms with Gasteiger partial charge in [-0.15, -0.1) is 0 Å². The molecule has 0 amide bonds. The van der Waals surface area contributed by atoms with Crippen molar-refractivity contribution in [1.29, 1.82) is 0 Å². The highest BCUT2D eigenvalue weighted by Crippen LogP contribution is 2.20. The van der Waals surface area contributed by atoms with Gasteiger partial charge >= 0.3 is 0 Å². The summed E-state index contributed by atoms with van der Waals surface area (Å²) in [6.07, 6.45) is 0. The molecule has 0 atom stereocenters. The summed E-state index contributed by atoms with van der Waals surface area (Å²) >= 11 is 5.88. The number of hydrogen-bond acceptors (Lipinski definition) is 3. The first-order valence-electron chi connectivity index (χ1n) is 5.44. The number of benzene rings is 1. The van der Waals surface area contributed by atoms with E-state index in [1.54, 1.807) is 19.2 Å². The molecule has 0 aliphatic carbocycles. The molecule has 0 fully saturated rings. The van der Waals surface area contributed by atoms with Crippen molar-refractivity contribution in [1.82, 2.24) is 4.90 Å². The Morgan fingerprint density at radius 1 is 1.41 bits per heavy atom. The number of rotatable bonds is 7. The molecule has 1 rings (SSSR count).